The fraction of sp³-hybridized carbons (Fsp3) is 0.167. The summed E-state index contributed by atoms with van der Waals surface area (Å²) >= 11 is 0. The summed E-state index contributed by atoms with van der Waals surface area (Å²) in [6.07, 6.45) is 4.35. The van der Waals surface area contributed by atoms with Gasteiger partial charge in [-0.1, -0.05) is 115 Å². The molecule has 0 radical (unpaired) electrons. The monoisotopic (exact) mass is 651 g/mol. The first-order valence-electron chi connectivity index (χ1n) is 18.3. The molecule has 9 aromatic rings. The number of hydrogen-bond acceptors (Lipinski definition) is 2. The van der Waals surface area contributed by atoms with E-state index in [4.69, 9.17) is 9.97 Å². The highest BCUT2D eigenvalue weighted by Gasteiger charge is 2.58. The van der Waals surface area contributed by atoms with E-state index in [-0.39, 0.29) is 21.7 Å². The van der Waals surface area contributed by atoms with Gasteiger partial charge in [-0.3, -0.25) is 9.97 Å². The van der Waals surface area contributed by atoms with Gasteiger partial charge in [0.25, 0.3) is 0 Å². The minimum atomic E-state index is -0.341. The van der Waals surface area contributed by atoms with Crippen molar-refractivity contribution in [1.82, 2.24) is 14.4 Å². The van der Waals surface area contributed by atoms with E-state index < -0.39 is 0 Å². The van der Waals surface area contributed by atoms with Crippen LogP contribution in [0, 0.1) is 0 Å². The third-order valence-corrected chi connectivity index (χ3v) is 14.4. The molecule has 0 aliphatic heterocycles. The molecular formula is C48H33N3. The normalized spacial score (nSPS) is 26.0. The average molecular weight is 652 g/mol. The van der Waals surface area contributed by atoms with Gasteiger partial charge in [-0.05, 0) is 83.3 Å². The van der Waals surface area contributed by atoms with Crippen molar-refractivity contribution >= 4 is 38.1 Å². The van der Waals surface area contributed by atoms with Gasteiger partial charge in [0.15, 0.2) is 0 Å². The van der Waals surface area contributed by atoms with Crippen LogP contribution < -0.4 is 0 Å². The molecule has 5 aromatic carbocycles. The van der Waals surface area contributed by atoms with E-state index in [0.717, 1.165) is 0 Å². The summed E-state index contributed by atoms with van der Waals surface area (Å²) in [7, 11) is 0. The zero-order valence-electron chi connectivity index (χ0n) is 29.0. The van der Waals surface area contributed by atoms with E-state index in [1.165, 1.54) is 105 Å². The number of para-hydroxylation sites is 1. The van der Waals surface area contributed by atoms with Crippen molar-refractivity contribution in [3.05, 3.63) is 195 Å². The Labute approximate surface area is 295 Å². The zero-order valence-corrected chi connectivity index (χ0v) is 29.0. The Morgan fingerprint density at radius 3 is 1.04 bits per heavy atom. The van der Waals surface area contributed by atoms with Gasteiger partial charge < -0.3 is 4.40 Å². The second kappa shape index (κ2) is 8.05. The quantitative estimate of drug-likeness (QED) is 0.163. The van der Waals surface area contributed by atoms with Gasteiger partial charge >= 0.3 is 0 Å². The minimum Gasteiger partial charge on any atom is -0.305 e. The number of fused-ring (bicyclic) bond motifs is 6. The Balaban J connectivity index is 1.21. The van der Waals surface area contributed by atoms with Crippen LogP contribution in [0.5, 0.6) is 0 Å². The summed E-state index contributed by atoms with van der Waals surface area (Å²) in [5.74, 6) is 0. The maximum absolute atomic E-state index is 5.51. The largest absolute Gasteiger partial charge is 0.305 e. The van der Waals surface area contributed by atoms with Crippen LogP contribution in [0.4, 0.5) is 0 Å². The molecule has 0 saturated heterocycles. The summed E-state index contributed by atoms with van der Waals surface area (Å²) in [5.41, 5.74) is 18.4. The van der Waals surface area contributed by atoms with Gasteiger partial charge in [-0.25, -0.2) is 0 Å². The zero-order chi connectivity index (χ0) is 33.8. The minimum absolute atomic E-state index is 0.340. The lowest BCUT2D eigenvalue weighted by Gasteiger charge is -2.53. The number of hydrogen-bond donors (Lipinski definition) is 0. The summed E-state index contributed by atoms with van der Waals surface area (Å²) in [5, 5.41) is 5.26. The van der Waals surface area contributed by atoms with Crippen molar-refractivity contribution < 1.29 is 0 Å². The third-order valence-electron chi connectivity index (χ3n) is 14.4. The fourth-order valence-electron chi connectivity index (χ4n) is 12.2. The first-order valence-corrected chi connectivity index (χ1v) is 18.3. The molecule has 0 N–H and O–H groups in total. The van der Waals surface area contributed by atoms with Crippen LogP contribution >= 0.6 is 0 Å². The lowest BCUT2D eigenvalue weighted by atomic mass is 9.49. The standard InChI is InChI=1S/C48H33N3/c1-45-28-16-5-9-20-32(28)47(3,33-21-10-6-17-29(33)45)43-40(45)38-26-14-13-15-27-39-37(51(42(26)27)36(38)24-49-43)25-50-44-41(39)46(2)30-18-7-11-22-34(30)48(44,4)35-23-12-8-19-31(35)46/h5-25H,1-4H3. The van der Waals surface area contributed by atoms with E-state index in [0.29, 0.717) is 0 Å². The van der Waals surface area contributed by atoms with Crippen LogP contribution in [0.25, 0.3) is 38.1 Å². The van der Waals surface area contributed by atoms with Crippen molar-refractivity contribution in [2.45, 2.75) is 49.4 Å². The van der Waals surface area contributed by atoms with Crippen LogP contribution in [0.3, 0.4) is 0 Å². The third kappa shape index (κ3) is 2.48. The summed E-state index contributed by atoms with van der Waals surface area (Å²) in [6.45, 7) is 9.69. The molecule has 6 aliphatic carbocycles. The predicted molar refractivity (Wildman–Crippen MR) is 205 cm³/mol. The Kier molecular flexibility index (Phi) is 4.26. The molecule has 3 nitrogen and oxygen atoms in total. The fourth-order valence-corrected chi connectivity index (χ4v) is 12.2. The molecule has 0 fully saturated rings. The number of nitrogens with zero attached hydrogens (tertiary/aromatic N) is 3. The highest BCUT2D eigenvalue weighted by molar-refractivity contribution is 6.25. The van der Waals surface area contributed by atoms with Gasteiger partial charge in [0.05, 0.1) is 51.2 Å². The van der Waals surface area contributed by atoms with E-state index in [9.17, 15) is 0 Å². The molecule has 6 aliphatic rings. The van der Waals surface area contributed by atoms with Crippen molar-refractivity contribution in [1.29, 1.82) is 0 Å². The number of benzene rings is 5. The smallest absolute Gasteiger partial charge is 0.0729 e. The Bertz CT molecular complexity index is 2810. The molecular weight excluding hydrogens is 619 g/mol. The van der Waals surface area contributed by atoms with Crippen LogP contribution in [-0.4, -0.2) is 14.4 Å². The first kappa shape index (κ1) is 27.0. The maximum Gasteiger partial charge on any atom is 0.0729 e. The summed E-state index contributed by atoms with van der Waals surface area (Å²) in [6, 6.07) is 43.4. The van der Waals surface area contributed by atoms with Crippen molar-refractivity contribution in [3.8, 4) is 0 Å². The topological polar surface area (TPSA) is 30.2 Å². The van der Waals surface area contributed by atoms with Crippen molar-refractivity contribution in [3.63, 3.8) is 0 Å². The molecule has 51 heavy (non-hydrogen) atoms. The first-order chi connectivity index (χ1) is 24.8. The molecule has 0 unspecified atom stereocenters. The second-order valence-corrected chi connectivity index (χ2v) is 16.2. The SMILES string of the molecule is CC12c3ccccc3C(C)(c3ccccc31)c1c2ncc2c1c1cccc3c4c5c(ncc4n2c13)C1(C)c2ccccc2C5(C)c2ccccc21. The number of rotatable bonds is 0. The van der Waals surface area contributed by atoms with Crippen LogP contribution in [-0.2, 0) is 21.7 Å². The number of aromatic nitrogens is 3. The Hall–Kier alpha value is -5.80. The van der Waals surface area contributed by atoms with Crippen LogP contribution in [0.1, 0.15) is 94.7 Å². The average Bonchev–Trinajstić information content (AvgIpc) is 3.71. The molecule has 3 heteroatoms. The van der Waals surface area contributed by atoms with Gasteiger partial charge in [0.2, 0.25) is 0 Å². The Morgan fingerprint density at radius 2 is 0.706 bits per heavy atom. The van der Waals surface area contributed by atoms with Gasteiger partial charge in [0.1, 0.15) is 0 Å². The Morgan fingerprint density at radius 1 is 0.392 bits per heavy atom. The van der Waals surface area contributed by atoms with E-state index >= 15 is 0 Å². The molecule has 0 amide bonds. The molecule has 4 heterocycles. The van der Waals surface area contributed by atoms with E-state index in [1.54, 1.807) is 0 Å². The van der Waals surface area contributed by atoms with Gasteiger partial charge in [-0.2, -0.15) is 0 Å². The van der Waals surface area contributed by atoms with Gasteiger partial charge in [0, 0.05) is 32.4 Å². The van der Waals surface area contributed by atoms with Crippen LogP contribution in [0.15, 0.2) is 128 Å². The lowest BCUT2D eigenvalue weighted by Crippen LogP contribution is -2.48. The molecule has 0 saturated carbocycles. The summed E-state index contributed by atoms with van der Waals surface area (Å²) < 4.78 is 2.51. The number of pyridine rings is 2. The predicted octanol–water partition coefficient (Wildman–Crippen LogP) is 10.3. The molecule has 240 valence electrons. The maximum atomic E-state index is 5.51. The van der Waals surface area contributed by atoms with Crippen molar-refractivity contribution in [2.24, 2.45) is 0 Å². The summed E-state index contributed by atoms with van der Waals surface area (Å²) in [4.78, 5) is 11.0. The van der Waals surface area contributed by atoms with Crippen LogP contribution in [0.2, 0.25) is 0 Å². The lowest BCUT2D eigenvalue weighted by molar-refractivity contribution is 0.501. The second-order valence-electron chi connectivity index (χ2n) is 16.2. The molecule has 15 rings (SSSR count). The van der Waals surface area contributed by atoms with E-state index in [2.05, 4.69) is 160 Å². The van der Waals surface area contributed by atoms with Gasteiger partial charge in [-0.15, -0.1) is 0 Å². The molecule has 4 bridgehead atoms. The highest BCUT2D eigenvalue weighted by Crippen LogP contribution is 2.65. The molecule has 0 spiro atoms. The van der Waals surface area contributed by atoms with E-state index in [1.807, 2.05) is 0 Å². The van der Waals surface area contributed by atoms with Crippen molar-refractivity contribution in [2.75, 3.05) is 0 Å². The highest BCUT2D eigenvalue weighted by atomic mass is 15.0. The molecule has 4 aromatic heterocycles. The molecule has 0 atom stereocenters.